The molecule has 1 heterocycles. The Morgan fingerprint density at radius 3 is 2.64 bits per heavy atom. The second kappa shape index (κ2) is 6.43. The van der Waals surface area contributed by atoms with E-state index in [1.165, 1.54) is 5.56 Å². The van der Waals surface area contributed by atoms with Crippen molar-refractivity contribution < 1.29 is 14.3 Å². The molecule has 3 rings (SSSR count). The highest BCUT2D eigenvalue weighted by Crippen LogP contribution is 2.14. The summed E-state index contributed by atoms with van der Waals surface area (Å²) in [6.07, 6.45) is 0. The van der Waals surface area contributed by atoms with Crippen LogP contribution in [0.5, 0.6) is 0 Å². The molecule has 0 fully saturated rings. The lowest BCUT2D eigenvalue weighted by Gasteiger charge is -2.06. The number of esters is 1. The first-order valence-corrected chi connectivity index (χ1v) is 7.20. The maximum atomic E-state index is 12.0. The SMILES string of the molecule is Cc1ccc(C2=N[C@H](C(=O)OCc3ccccc3)CO2)cc1. The number of benzene rings is 2. The zero-order valence-electron chi connectivity index (χ0n) is 12.4. The van der Waals surface area contributed by atoms with E-state index in [9.17, 15) is 4.79 Å². The van der Waals surface area contributed by atoms with E-state index >= 15 is 0 Å². The van der Waals surface area contributed by atoms with Gasteiger partial charge in [-0.2, -0.15) is 0 Å². The molecule has 0 radical (unpaired) electrons. The molecule has 2 aromatic carbocycles. The van der Waals surface area contributed by atoms with Gasteiger partial charge in [0.2, 0.25) is 5.90 Å². The lowest BCUT2D eigenvalue weighted by molar-refractivity contribution is -0.146. The molecule has 0 spiro atoms. The average Bonchev–Trinajstić information content (AvgIpc) is 3.04. The Morgan fingerprint density at radius 1 is 1.18 bits per heavy atom. The molecule has 0 aliphatic carbocycles. The molecule has 22 heavy (non-hydrogen) atoms. The molecule has 1 aliphatic rings. The predicted molar refractivity (Wildman–Crippen MR) is 83.7 cm³/mol. The molecule has 0 amide bonds. The largest absolute Gasteiger partial charge is 0.475 e. The van der Waals surface area contributed by atoms with Crippen LogP contribution >= 0.6 is 0 Å². The average molecular weight is 295 g/mol. The Kier molecular flexibility index (Phi) is 4.19. The summed E-state index contributed by atoms with van der Waals surface area (Å²) in [5.41, 5.74) is 3.00. The molecule has 0 N–H and O–H groups in total. The van der Waals surface area contributed by atoms with Crippen LogP contribution in [0.2, 0.25) is 0 Å². The van der Waals surface area contributed by atoms with Crippen LogP contribution in [0.25, 0.3) is 0 Å². The van der Waals surface area contributed by atoms with E-state index in [1.807, 2.05) is 61.5 Å². The van der Waals surface area contributed by atoms with Gasteiger partial charge in [-0.05, 0) is 24.6 Å². The lowest BCUT2D eigenvalue weighted by Crippen LogP contribution is -2.22. The van der Waals surface area contributed by atoms with Crippen LogP contribution in [0.4, 0.5) is 0 Å². The second-order valence-corrected chi connectivity index (χ2v) is 5.22. The van der Waals surface area contributed by atoms with Gasteiger partial charge in [-0.15, -0.1) is 0 Å². The first-order valence-electron chi connectivity index (χ1n) is 7.20. The van der Waals surface area contributed by atoms with Crippen molar-refractivity contribution >= 4 is 11.9 Å². The minimum Gasteiger partial charge on any atom is -0.475 e. The molecule has 0 bridgehead atoms. The van der Waals surface area contributed by atoms with E-state index < -0.39 is 6.04 Å². The standard InChI is InChI=1S/C18H17NO3/c1-13-7-9-15(10-8-13)17-19-16(12-21-17)18(20)22-11-14-5-3-2-4-6-14/h2-10,16H,11-12H2,1H3/t16-/m0/s1. The van der Waals surface area contributed by atoms with Gasteiger partial charge in [0.05, 0.1) is 0 Å². The van der Waals surface area contributed by atoms with E-state index in [4.69, 9.17) is 9.47 Å². The molecule has 2 aromatic rings. The summed E-state index contributed by atoms with van der Waals surface area (Å²) in [5.74, 6) is 0.146. The van der Waals surface area contributed by atoms with Crippen molar-refractivity contribution in [1.82, 2.24) is 0 Å². The Balaban J connectivity index is 1.61. The van der Waals surface area contributed by atoms with E-state index in [2.05, 4.69) is 4.99 Å². The quantitative estimate of drug-likeness (QED) is 0.815. The Bertz CT molecular complexity index is 677. The maximum absolute atomic E-state index is 12.0. The highest BCUT2D eigenvalue weighted by Gasteiger charge is 2.27. The second-order valence-electron chi connectivity index (χ2n) is 5.22. The van der Waals surface area contributed by atoms with Crippen molar-refractivity contribution in [3.05, 3.63) is 71.3 Å². The number of hydrogen-bond donors (Lipinski definition) is 0. The fourth-order valence-corrected chi connectivity index (χ4v) is 2.17. The summed E-state index contributed by atoms with van der Waals surface area (Å²) in [7, 11) is 0. The zero-order chi connectivity index (χ0) is 15.4. The van der Waals surface area contributed by atoms with Crippen LogP contribution in [0.15, 0.2) is 59.6 Å². The van der Waals surface area contributed by atoms with Gasteiger partial charge in [-0.3, -0.25) is 0 Å². The normalized spacial score (nSPS) is 16.8. The number of rotatable bonds is 4. The highest BCUT2D eigenvalue weighted by molar-refractivity contribution is 5.97. The van der Waals surface area contributed by atoms with Gasteiger partial charge >= 0.3 is 5.97 Å². The van der Waals surface area contributed by atoms with E-state index in [-0.39, 0.29) is 19.2 Å². The third-order valence-corrected chi connectivity index (χ3v) is 3.45. The van der Waals surface area contributed by atoms with Crippen LogP contribution in [0, 0.1) is 6.92 Å². The molecular weight excluding hydrogens is 278 g/mol. The Hall–Kier alpha value is -2.62. The van der Waals surface area contributed by atoms with Crippen LogP contribution < -0.4 is 0 Å². The Labute approximate surface area is 129 Å². The molecule has 4 nitrogen and oxygen atoms in total. The number of aryl methyl sites for hydroxylation is 1. The van der Waals surface area contributed by atoms with E-state index in [0.717, 1.165) is 11.1 Å². The minimum atomic E-state index is -0.583. The smallest absolute Gasteiger partial charge is 0.334 e. The molecule has 0 aromatic heterocycles. The first-order chi connectivity index (χ1) is 10.7. The number of carbonyl (C=O) groups is 1. The fraction of sp³-hybridized carbons (Fsp3) is 0.222. The fourth-order valence-electron chi connectivity index (χ4n) is 2.17. The van der Waals surface area contributed by atoms with Crippen LogP contribution in [-0.2, 0) is 20.9 Å². The maximum Gasteiger partial charge on any atom is 0.334 e. The lowest BCUT2D eigenvalue weighted by atomic mass is 10.1. The number of ether oxygens (including phenoxy) is 2. The molecule has 0 unspecified atom stereocenters. The van der Waals surface area contributed by atoms with Gasteiger partial charge in [0.15, 0.2) is 6.04 Å². The van der Waals surface area contributed by atoms with Crippen LogP contribution in [-0.4, -0.2) is 24.5 Å². The summed E-state index contributed by atoms with van der Waals surface area (Å²) < 4.78 is 10.8. The minimum absolute atomic E-state index is 0.233. The molecule has 112 valence electrons. The summed E-state index contributed by atoms with van der Waals surface area (Å²) in [6, 6.07) is 16.8. The molecule has 0 saturated carbocycles. The zero-order valence-corrected chi connectivity index (χ0v) is 12.4. The van der Waals surface area contributed by atoms with Crippen molar-refractivity contribution in [2.75, 3.05) is 6.61 Å². The molecular formula is C18H17NO3. The van der Waals surface area contributed by atoms with Gasteiger partial charge in [0.25, 0.3) is 0 Å². The van der Waals surface area contributed by atoms with Gasteiger partial charge in [-0.25, -0.2) is 9.79 Å². The molecule has 1 aliphatic heterocycles. The summed E-state index contributed by atoms with van der Waals surface area (Å²) >= 11 is 0. The Morgan fingerprint density at radius 2 is 1.91 bits per heavy atom. The van der Waals surface area contributed by atoms with Crippen molar-refractivity contribution in [3.63, 3.8) is 0 Å². The molecule has 0 saturated heterocycles. The first kappa shape index (κ1) is 14.3. The highest BCUT2D eigenvalue weighted by atomic mass is 16.5. The number of hydrogen-bond acceptors (Lipinski definition) is 4. The summed E-state index contributed by atoms with van der Waals surface area (Å²) in [4.78, 5) is 16.4. The monoisotopic (exact) mass is 295 g/mol. The third-order valence-electron chi connectivity index (χ3n) is 3.45. The number of aliphatic imine (C=N–C) groups is 1. The van der Waals surface area contributed by atoms with Crippen molar-refractivity contribution in [1.29, 1.82) is 0 Å². The number of nitrogens with zero attached hydrogens (tertiary/aromatic N) is 1. The molecule has 4 heteroatoms. The van der Waals surface area contributed by atoms with Gasteiger partial charge in [-0.1, -0.05) is 48.0 Å². The van der Waals surface area contributed by atoms with Gasteiger partial charge in [0, 0.05) is 5.56 Å². The van der Waals surface area contributed by atoms with Crippen molar-refractivity contribution in [2.24, 2.45) is 4.99 Å². The third kappa shape index (κ3) is 3.34. The van der Waals surface area contributed by atoms with Crippen molar-refractivity contribution in [2.45, 2.75) is 19.6 Å². The topological polar surface area (TPSA) is 47.9 Å². The molecule has 1 atom stereocenters. The summed E-state index contributed by atoms with van der Waals surface area (Å²) in [6.45, 7) is 2.51. The predicted octanol–water partition coefficient (Wildman–Crippen LogP) is 2.88. The van der Waals surface area contributed by atoms with E-state index in [1.54, 1.807) is 0 Å². The summed E-state index contributed by atoms with van der Waals surface area (Å²) in [5, 5.41) is 0. The van der Waals surface area contributed by atoms with Crippen LogP contribution in [0.1, 0.15) is 16.7 Å². The number of carbonyl (C=O) groups excluding carboxylic acids is 1. The van der Waals surface area contributed by atoms with E-state index in [0.29, 0.717) is 5.90 Å². The van der Waals surface area contributed by atoms with Gasteiger partial charge < -0.3 is 9.47 Å². The van der Waals surface area contributed by atoms with Crippen LogP contribution in [0.3, 0.4) is 0 Å². The van der Waals surface area contributed by atoms with Gasteiger partial charge in [0.1, 0.15) is 13.2 Å². The van der Waals surface area contributed by atoms with Crippen molar-refractivity contribution in [3.8, 4) is 0 Å².